The molecule has 3 heterocycles. The molecule has 0 aromatic rings. The smallest absolute Gasteiger partial charge is 0.0594 e. The molecule has 4 heteroatoms. The van der Waals surface area contributed by atoms with Gasteiger partial charge in [-0.2, -0.15) is 0 Å². The molecule has 0 aliphatic carbocycles. The monoisotopic (exact) mass is 211 g/mol. The third-order valence-electron chi connectivity index (χ3n) is 4.00. The van der Waals surface area contributed by atoms with Crippen LogP contribution in [0.5, 0.6) is 0 Å². The van der Waals surface area contributed by atoms with Gasteiger partial charge in [0, 0.05) is 44.8 Å². The van der Waals surface area contributed by atoms with Crippen LogP contribution < -0.4 is 5.32 Å². The number of nitrogens with one attached hydrogen (secondary N) is 1. The summed E-state index contributed by atoms with van der Waals surface area (Å²) in [5.74, 6) is 0. The highest BCUT2D eigenvalue weighted by molar-refractivity contribution is 4.94. The van der Waals surface area contributed by atoms with E-state index < -0.39 is 0 Å². The first-order chi connectivity index (χ1) is 7.43. The summed E-state index contributed by atoms with van der Waals surface area (Å²) in [4.78, 5) is 5.24. The van der Waals surface area contributed by atoms with Crippen molar-refractivity contribution in [3.05, 3.63) is 0 Å². The number of morpholine rings is 1. The molecule has 86 valence electrons. The zero-order valence-corrected chi connectivity index (χ0v) is 9.32. The number of likely N-dealkylation sites (tertiary alicyclic amines) is 1. The van der Waals surface area contributed by atoms with Crippen molar-refractivity contribution in [1.82, 2.24) is 15.1 Å². The Morgan fingerprint density at radius 1 is 1.00 bits per heavy atom. The highest BCUT2D eigenvalue weighted by Crippen LogP contribution is 2.21. The summed E-state index contributed by atoms with van der Waals surface area (Å²) in [6.07, 6.45) is 1.34. The van der Waals surface area contributed by atoms with Gasteiger partial charge in [0.15, 0.2) is 0 Å². The predicted octanol–water partition coefficient (Wildman–Crippen LogP) is -0.635. The van der Waals surface area contributed by atoms with Crippen LogP contribution in [0.15, 0.2) is 0 Å². The molecule has 0 bridgehead atoms. The molecule has 0 aromatic heterocycles. The maximum absolute atomic E-state index is 5.38. The van der Waals surface area contributed by atoms with E-state index in [1.165, 1.54) is 32.6 Å². The Labute approximate surface area is 91.6 Å². The van der Waals surface area contributed by atoms with Crippen molar-refractivity contribution in [1.29, 1.82) is 0 Å². The van der Waals surface area contributed by atoms with Gasteiger partial charge in [-0.15, -0.1) is 0 Å². The number of nitrogens with zero attached hydrogens (tertiary/aromatic N) is 2. The van der Waals surface area contributed by atoms with Crippen LogP contribution in [0.2, 0.25) is 0 Å². The average Bonchev–Trinajstić information content (AvgIpc) is 2.70. The SMILES string of the molecule is C1CC(N2CC(N3CCOCC3)C2)CN1. The molecule has 0 amide bonds. The van der Waals surface area contributed by atoms with E-state index >= 15 is 0 Å². The second-order valence-electron chi connectivity index (χ2n) is 4.90. The minimum absolute atomic E-state index is 0.814. The van der Waals surface area contributed by atoms with E-state index in [2.05, 4.69) is 15.1 Å². The fourth-order valence-corrected chi connectivity index (χ4v) is 2.91. The fourth-order valence-electron chi connectivity index (χ4n) is 2.91. The first kappa shape index (κ1) is 10.0. The molecule has 4 nitrogen and oxygen atoms in total. The van der Waals surface area contributed by atoms with E-state index in [4.69, 9.17) is 4.74 Å². The molecule has 0 spiro atoms. The van der Waals surface area contributed by atoms with Gasteiger partial charge in [0.25, 0.3) is 0 Å². The first-order valence-corrected chi connectivity index (χ1v) is 6.20. The molecule has 3 aliphatic rings. The molecular weight excluding hydrogens is 190 g/mol. The molecule has 15 heavy (non-hydrogen) atoms. The van der Waals surface area contributed by atoms with Gasteiger partial charge in [0.1, 0.15) is 0 Å². The molecule has 0 saturated carbocycles. The van der Waals surface area contributed by atoms with Crippen LogP contribution in [0.25, 0.3) is 0 Å². The Morgan fingerprint density at radius 3 is 2.47 bits per heavy atom. The molecule has 3 saturated heterocycles. The van der Waals surface area contributed by atoms with E-state index in [0.717, 1.165) is 38.4 Å². The maximum Gasteiger partial charge on any atom is 0.0594 e. The van der Waals surface area contributed by atoms with E-state index in [-0.39, 0.29) is 0 Å². The Bertz CT molecular complexity index is 206. The van der Waals surface area contributed by atoms with Crippen LogP contribution in [0.1, 0.15) is 6.42 Å². The van der Waals surface area contributed by atoms with Gasteiger partial charge in [-0.3, -0.25) is 9.80 Å². The highest BCUT2D eigenvalue weighted by atomic mass is 16.5. The lowest BCUT2D eigenvalue weighted by molar-refractivity contribution is -0.0426. The standard InChI is InChI=1S/C11H21N3O/c1-2-12-7-10(1)14-8-11(9-14)13-3-5-15-6-4-13/h10-12H,1-9H2. The van der Waals surface area contributed by atoms with Gasteiger partial charge < -0.3 is 10.1 Å². The van der Waals surface area contributed by atoms with Crippen molar-refractivity contribution in [3.8, 4) is 0 Å². The largest absolute Gasteiger partial charge is 0.379 e. The lowest BCUT2D eigenvalue weighted by Gasteiger charge is -2.49. The number of rotatable bonds is 2. The second-order valence-corrected chi connectivity index (χ2v) is 4.90. The Hall–Kier alpha value is -0.160. The van der Waals surface area contributed by atoms with Gasteiger partial charge in [-0.05, 0) is 13.0 Å². The summed E-state index contributed by atoms with van der Waals surface area (Å²) in [7, 11) is 0. The summed E-state index contributed by atoms with van der Waals surface area (Å²) in [5.41, 5.74) is 0. The van der Waals surface area contributed by atoms with Crippen LogP contribution in [-0.4, -0.2) is 74.4 Å². The van der Waals surface area contributed by atoms with Crippen molar-refractivity contribution < 1.29 is 4.74 Å². The minimum atomic E-state index is 0.814. The lowest BCUT2D eigenvalue weighted by Crippen LogP contribution is -2.64. The number of hydrogen-bond donors (Lipinski definition) is 1. The van der Waals surface area contributed by atoms with Crippen LogP contribution in [-0.2, 0) is 4.74 Å². The molecule has 0 radical (unpaired) electrons. The van der Waals surface area contributed by atoms with Crippen LogP contribution in [0.4, 0.5) is 0 Å². The third-order valence-corrected chi connectivity index (χ3v) is 4.00. The first-order valence-electron chi connectivity index (χ1n) is 6.20. The molecule has 3 rings (SSSR count). The van der Waals surface area contributed by atoms with Gasteiger partial charge >= 0.3 is 0 Å². The van der Waals surface area contributed by atoms with Gasteiger partial charge in [-0.1, -0.05) is 0 Å². The minimum Gasteiger partial charge on any atom is -0.379 e. The van der Waals surface area contributed by atoms with Gasteiger partial charge in [0.2, 0.25) is 0 Å². The molecular formula is C11H21N3O. The zero-order valence-electron chi connectivity index (χ0n) is 9.32. The van der Waals surface area contributed by atoms with Crippen molar-refractivity contribution in [2.75, 3.05) is 52.5 Å². The average molecular weight is 211 g/mol. The van der Waals surface area contributed by atoms with Crippen molar-refractivity contribution in [3.63, 3.8) is 0 Å². The Kier molecular flexibility index (Phi) is 2.92. The normalized spacial score (nSPS) is 35.6. The molecule has 0 aromatic carbocycles. The van der Waals surface area contributed by atoms with Crippen molar-refractivity contribution in [2.45, 2.75) is 18.5 Å². The third kappa shape index (κ3) is 2.04. The van der Waals surface area contributed by atoms with Gasteiger partial charge in [-0.25, -0.2) is 0 Å². The van der Waals surface area contributed by atoms with E-state index in [1.54, 1.807) is 0 Å². The van der Waals surface area contributed by atoms with Crippen LogP contribution >= 0.6 is 0 Å². The number of ether oxygens (including phenoxy) is 1. The molecule has 3 fully saturated rings. The summed E-state index contributed by atoms with van der Waals surface area (Å²) < 4.78 is 5.38. The lowest BCUT2D eigenvalue weighted by atomic mass is 10.0. The summed E-state index contributed by atoms with van der Waals surface area (Å²) in [6.45, 7) is 9.13. The molecule has 1 atom stereocenters. The maximum atomic E-state index is 5.38. The summed E-state index contributed by atoms with van der Waals surface area (Å²) >= 11 is 0. The second kappa shape index (κ2) is 4.37. The number of hydrogen-bond acceptors (Lipinski definition) is 4. The van der Waals surface area contributed by atoms with Crippen molar-refractivity contribution in [2.24, 2.45) is 0 Å². The zero-order chi connectivity index (χ0) is 10.1. The molecule has 1 N–H and O–H groups in total. The van der Waals surface area contributed by atoms with Gasteiger partial charge in [0.05, 0.1) is 13.2 Å². The van der Waals surface area contributed by atoms with E-state index in [1.807, 2.05) is 0 Å². The quantitative estimate of drug-likeness (QED) is 0.658. The van der Waals surface area contributed by atoms with E-state index in [9.17, 15) is 0 Å². The molecule has 1 unspecified atom stereocenters. The van der Waals surface area contributed by atoms with Crippen LogP contribution in [0, 0.1) is 0 Å². The van der Waals surface area contributed by atoms with Crippen LogP contribution in [0.3, 0.4) is 0 Å². The molecule has 3 aliphatic heterocycles. The topological polar surface area (TPSA) is 27.7 Å². The van der Waals surface area contributed by atoms with Crippen molar-refractivity contribution >= 4 is 0 Å². The Morgan fingerprint density at radius 2 is 1.80 bits per heavy atom. The summed E-state index contributed by atoms with van der Waals surface area (Å²) in [6, 6.07) is 1.64. The fraction of sp³-hybridized carbons (Fsp3) is 1.00. The Balaban J connectivity index is 1.44. The summed E-state index contributed by atoms with van der Waals surface area (Å²) in [5, 5.41) is 3.44. The van der Waals surface area contributed by atoms with E-state index in [0.29, 0.717) is 0 Å². The predicted molar refractivity (Wildman–Crippen MR) is 59.0 cm³/mol. The highest BCUT2D eigenvalue weighted by Gasteiger charge is 2.36.